The van der Waals surface area contributed by atoms with Crippen LogP contribution in [0, 0.1) is 5.92 Å². The number of carbonyl (C=O) groups excluding carboxylic acids is 1. The van der Waals surface area contributed by atoms with Crippen LogP contribution in [0.15, 0.2) is 0 Å². The van der Waals surface area contributed by atoms with E-state index in [1.54, 1.807) is 0 Å². The van der Waals surface area contributed by atoms with Crippen molar-refractivity contribution in [2.45, 2.75) is 149 Å². The Bertz CT molecular complexity index is 477. The fourth-order valence-corrected chi connectivity index (χ4v) is 4.74. The molecule has 0 saturated heterocycles. The first-order chi connectivity index (χ1) is 13.6. The molecule has 0 aromatic heterocycles. The van der Waals surface area contributed by atoms with E-state index < -0.39 is 13.9 Å². The lowest BCUT2D eigenvalue weighted by Gasteiger charge is -2.40. The molecule has 0 aliphatic heterocycles. The molecule has 3 atom stereocenters. The summed E-state index contributed by atoms with van der Waals surface area (Å²) in [6.45, 7) is 21.5. The molecule has 30 heavy (non-hydrogen) atoms. The van der Waals surface area contributed by atoms with Crippen LogP contribution in [0.1, 0.15) is 113 Å². The summed E-state index contributed by atoms with van der Waals surface area (Å²) in [6, 6.07) is 0. The Morgan fingerprint density at radius 3 is 2.07 bits per heavy atom. The van der Waals surface area contributed by atoms with Crippen LogP contribution in [-0.4, -0.2) is 37.2 Å². The minimum Gasteiger partial charge on any atom is -0.460 e. The van der Waals surface area contributed by atoms with Crippen LogP contribution in [0.3, 0.4) is 0 Å². The Kier molecular flexibility index (Phi) is 13.0. The Hall–Kier alpha value is -0.393. The highest BCUT2D eigenvalue weighted by molar-refractivity contribution is 6.74. The zero-order valence-electron chi connectivity index (χ0n) is 21.8. The second-order valence-corrected chi connectivity index (χ2v) is 16.4. The molecule has 0 aliphatic carbocycles. The molecule has 5 heteroatoms. The molecule has 0 aliphatic rings. The summed E-state index contributed by atoms with van der Waals surface area (Å²) in [7, 11) is -1.81. The van der Waals surface area contributed by atoms with Crippen molar-refractivity contribution in [1.82, 2.24) is 0 Å². The van der Waals surface area contributed by atoms with Gasteiger partial charge in [-0.1, -0.05) is 53.9 Å². The van der Waals surface area contributed by atoms with Gasteiger partial charge < -0.3 is 14.3 Å². The van der Waals surface area contributed by atoms with Crippen LogP contribution < -0.4 is 0 Å². The monoisotopic (exact) mass is 444 g/mol. The van der Waals surface area contributed by atoms with Crippen LogP contribution in [0.5, 0.6) is 0 Å². The maximum Gasteiger partial charge on any atom is 0.306 e. The third kappa shape index (κ3) is 13.8. The summed E-state index contributed by atoms with van der Waals surface area (Å²) in [5.74, 6) is 0.457. The van der Waals surface area contributed by atoms with Crippen LogP contribution in [-0.2, 0) is 14.0 Å². The normalized spacial score (nSPS) is 16.2. The first kappa shape index (κ1) is 29.6. The van der Waals surface area contributed by atoms with Crippen molar-refractivity contribution in [3.8, 4) is 0 Å². The molecule has 4 nitrogen and oxygen atoms in total. The standard InChI is InChI=1S/C25H52O4Si/c1-11-14-22(29-30(9,10)25(6,7)8)19-21(26)18-17-20(2)15-12-13-16-23(27)28-24(3,4)5/h20-22,26H,11-19H2,1-10H3/t20-,21+,22-/m1/s1. The third-order valence-corrected chi connectivity index (χ3v) is 10.7. The summed E-state index contributed by atoms with van der Waals surface area (Å²) >= 11 is 0. The number of esters is 1. The van der Waals surface area contributed by atoms with Crippen LogP contribution in [0.2, 0.25) is 18.1 Å². The van der Waals surface area contributed by atoms with Crippen molar-refractivity contribution in [2.24, 2.45) is 5.92 Å². The van der Waals surface area contributed by atoms with Gasteiger partial charge in [-0.2, -0.15) is 0 Å². The smallest absolute Gasteiger partial charge is 0.306 e. The van der Waals surface area contributed by atoms with Gasteiger partial charge in [-0.05, 0) is 76.9 Å². The topological polar surface area (TPSA) is 55.8 Å². The van der Waals surface area contributed by atoms with Gasteiger partial charge in [-0.3, -0.25) is 4.79 Å². The SMILES string of the molecule is CCC[C@H](C[C@@H](O)CC[C@H](C)CCCCC(=O)OC(C)(C)C)O[Si](C)(C)C(C)(C)C. The van der Waals surface area contributed by atoms with Gasteiger partial charge in [0, 0.05) is 12.5 Å². The molecule has 0 aromatic rings. The lowest BCUT2D eigenvalue weighted by molar-refractivity contribution is -0.154. The minimum absolute atomic E-state index is 0.103. The molecule has 0 unspecified atom stereocenters. The van der Waals surface area contributed by atoms with Gasteiger partial charge >= 0.3 is 5.97 Å². The van der Waals surface area contributed by atoms with Crippen molar-refractivity contribution in [3.05, 3.63) is 0 Å². The molecule has 0 rings (SSSR count). The fraction of sp³-hybridized carbons (Fsp3) is 0.960. The maximum absolute atomic E-state index is 11.8. The van der Waals surface area contributed by atoms with Gasteiger partial charge in [-0.15, -0.1) is 0 Å². The number of rotatable bonds is 14. The van der Waals surface area contributed by atoms with Gasteiger partial charge in [0.05, 0.1) is 6.10 Å². The molecule has 0 heterocycles. The first-order valence-corrected chi connectivity index (χ1v) is 15.1. The highest BCUT2D eigenvalue weighted by atomic mass is 28.4. The van der Waals surface area contributed by atoms with Crippen molar-refractivity contribution in [3.63, 3.8) is 0 Å². The average molecular weight is 445 g/mol. The van der Waals surface area contributed by atoms with Gasteiger partial charge in [-0.25, -0.2) is 0 Å². The molecule has 1 N–H and O–H groups in total. The lowest BCUT2D eigenvalue weighted by atomic mass is 9.94. The van der Waals surface area contributed by atoms with Crippen molar-refractivity contribution < 1.29 is 19.1 Å². The van der Waals surface area contributed by atoms with Gasteiger partial charge in [0.15, 0.2) is 8.32 Å². The van der Waals surface area contributed by atoms with Crippen molar-refractivity contribution in [2.75, 3.05) is 0 Å². The predicted octanol–water partition coefficient (Wildman–Crippen LogP) is 7.25. The number of aliphatic hydroxyl groups is 1. The largest absolute Gasteiger partial charge is 0.460 e. The molecule has 0 fully saturated rings. The molecule has 180 valence electrons. The number of ether oxygens (including phenoxy) is 1. The molecule has 0 spiro atoms. The Balaban J connectivity index is 4.24. The highest BCUT2D eigenvalue weighted by Crippen LogP contribution is 2.38. The van der Waals surface area contributed by atoms with E-state index in [4.69, 9.17) is 9.16 Å². The van der Waals surface area contributed by atoms with Crippen molar-refractivity contribution >= 4 is 14.3 Å². The number of carbonyl (C=O) groups is 1. The zero-order chi connectivity index (χ0) is 23.6. The highest BCUT2D eigenvalue weighted by Gasteiger charge is 2.39. The van der Waals surface area contributed by atoms with E-state index in [0.29, 0.717) is 12.3 Å². The number of unbranched alkanes of at least 4 members (excludes halogenated alkanes) is 1. The molecule has 0 aromatic carbocycles. The van der Waals surface area contributed by atoms with E-state index in [1.807, 2.05) is 20.8 Å². The molecular weight excluding hydrogens is 392 g/mol. The maximum atomic E-state index is 11.8. The second kappa shape index (κ2) is 13.2. The molecule has 0 saturated carbocycles. The van der Waals surface area contributed by atoms with E-state index in [-0.39, 0.29) is 23.2 Å². The summed E-state index contributed by atoms with van der Waals surface area (Å²) in [5.41, 5.74) is -0.398. The average Bonchev–Trinajstić information content (AvgIpc) is 2.54. The Labute approximate surface area is 188 Å². The van der Waals surface area contributed by atoms with Gasteiger partial charge in [0.2, 0.25) is 0 Å². The first-order valence-electron chi connectivity index (χ1n) is 12.1. The Morgan fingerprint density at radius 2 is 1.57 bits per heavy atom. The zero-order valence-corrected chi connectivity index (χ0v) is 22.8. The quantitative estimate of drug-likeness (QED) is 0.174. The summed E-state index contributed by atoms with van der Waals surface area (Å²) in [5, 5.41) is 10.8. The third-order valence-electron chi connectivity index (χ3n) is 6.15. The Morgan fingerprint density at radius 1 is 0.967 bits per heavy atom. The second-order valence-electron chi connectivity index (χ2n) is 11.7. The lowest BCUT2D eigenvalue weighted by Crippen LogP contribution is -2.44. The van der Waals surface area contributed by atoms with Gasteiger partial charge in [0.1, 0.15) is 5.60 Å². The number of hydrogen-bond donors (Lipinski definition) is 1. The van der Waals surface area contributed by atoms with E-state index in [1.165, 1.54) is 0 Å². The molecule has 0 amide bonds. The van der Waals surface area contributed by atoms with E-state index in [2.05, 4.69) is 47.7 Å². The molecular formula is C25H52O4Si. The number of hydrogen-bond acceptors (Lipinski definition) is 4. The minimum atomic E-state index is -1.81. The predicted molar refractivity (Wildman–Crippen MR) is 130 cm³/mol. The van der Waals surface area contributed by atoms with Crippen molar-refractivity contribution in [1.29, 1.82) is 0 Å². The van der Waals surface area contributed by atoms with Crippen LogP contribution >= 0.6 is 0 Å². The van der Waals surface area contributed by atoms with Gasteiger partial charge in [0.25, 0.3) is 0 Å². The van der Waals surface area contributed by atoms with Crippen LogP contribution in [0.25, 0.3) is 0 Å². The number of aliphatic hydroxyl groups excluding tert-OH is 1. The van der Waals surface area contributed by atoms with E-state index >= 15 is 0 Å². The fourth-order valence-electron chi connectivity index (χ4n) is 3.34. The molecule has 0 radical (unpaired) electrons. The van der Waals surface area contributed by atoms with E-state index in [0.717, 1.165) is 51.4 Å². The summed E-state index contributed by atoms with van der Waals surface area (Å²) in [4.78, 5) is 11.8. The van der Waals surface area contributed by atoms with Crippen LogP contribution in [0.4, 0.5) is 0 Å². The molecule has 0 bridgehead atoms. The summed E-state index contributed by atoms with van der Waals surface area (Å²) in [6.07, 6.45) is 8.05. The summed E-state index contributed by atoms with van der Waals surface area (Å²) < 4.78 is 11.9. The van der Waals surface area contributed by atoms with E-state index in [9.17, 15) is 9.90 Å².